The third-order valence-corrected chi connectivity index (χ3v) is 6.50. The van der Waals surface area contributed by atoms with Gasteiger partial charge in [0.15, 0.2) is 0 Å². The fourth-order valence-electron chi connectivity index (χ4n) is 4.42. The minimum Gasteiger partial charge on any atom is -0.494 e. The molecule has 1 fully saturated rings. The number of rotatable bonds is 8. The van der Waals surface area contributed by atoms with E-state index in [2.05, 4.69) is 37.4 Å². The number of amides is 2. The van der Waals surface area contributed by atoms with Gasteiger partial charge in [0.25, 0.3) is 0 Å². The zero-order chi connectivity index (χ0) is 29.7. The van der Waals surface area contributed by atoms with Crippen LogP contribution in [-0.4, -0.2) is 60.0 Å². The van der Waals surface area contributed by atoms with Gasteiger partial charge in [-0.2, -0.15) is 18.2 Å². The quantitative estimate of drug-likeness (QED) is 0.322. The van der Waals surface area contributed by atoms with Gasteiger partial charge in [0.2, 0.25) is 17.8 Å². The topological polar surface area (TPSA) is 112 Å². The van der Waals surface area contributed by atoms with Gasteiger partial charge in [-0.05, 0) is 42.8 Å². The van der Waals surface area contributed by atoms with Gasteiger partial charge in [0, 0.05) is 62.4 Å². The molecule has 0 saturated carbocycles. The maximum atomic E-state index is 13.8. The number of hydrogen-bond acceptors (Lipinski definition) is 8. The largest absolute Gasteiger partial charge is 0.494 e. The first-order chi connectivity index (χ1) is 19.5. The van der Waals surface area contributed by atoms with Crippen LogP contribution in [0.1, 0.15) is 18.1 Å². The van der Waals surface area contributed by atoms with Crippen LogP contribution in [0.5, 0.6) is 5.75 Å². The molecular formula is C28H30F3N7O3. The van der Waals surface area contributed by atoms with E-state index in [1.807, 2.05) is 19.1 Å². The Balaban J connectivity index is 1.61. The molecule has 0 aliphatic carbocycles. The number of benzene rings is 2. The Morgan fingerprint density at radius 1 is 1.07 bits per heavy atom. The van der Waals surface area contributed by atoms with E-state index in [1.165, 1.54) is 13.2 Å². The highest BCUT2D eigenvalue weighted by Crippen LogP contribution is 2.38. The van der Waals surface area contributed by atoms with Crippen molar-refractivity contribution >= 4 is 46.3 Å². The molecule has 3 aromatic rings. The average molecular weight is 570 g/mol. The highest BCUT2D eigenvalue weighted by Gasteiger charge is 2.35. The SMILES string of the molecule is C=CC(=O)Nc1cccc(Nc2nc(Nc3cc(C)c(N4CCN(C(C)=O)CC4)cc3OC)ncc2C(F)(F)F)c1. The smallest absolute Gasteiger partial charge is 0.421 e. The number of halogens is 3. The molecule has 13 heteroatoms. The Morgan fingerprint density at radius 3 is 2.41 bits per heavy atom. The standard InChI is InChI=1S/C28H30F3N7O3/c1-5-25(40)33-19-7-6-8-20(14-19)34-26-21(28(29,30)31)16-32-27(36-26)35-22-13-17(2)23(15-24(22)41-4)38-11-9-37(10-12-38)18(3)39/h5-8,13-16H,1,9-12H2,2-4H3,(H,33,40)(H2,32,34,35,36). The van der Waals surface area contributed by atoms with Gasteiger partial charge in [-0.1, -0.05) is 12.6 Å². The van der Waals surface area contributed by atoms with Crippen LogP contribution in [0.15, 0.2) is 55.3 Å². The Hall–Kier alpha value is -4.81. The van der Waals surface area contributed by atoms with Crippen molar-refractivity contribution in [2.24, 2.45) is 0 Å². The first-order valence-electron chi connectivity index (χ1n) is 12.7. The lowest BCUT2D eigenvalue weighted by Gasteiger charge is -2.36. The van der Waals surface area contributed by atoms with Gasteiger partial charge >= 0.3 is 6.18 Å². The monoisotopic (exact) mass is 569 g/mol. The predicted molar refractivity (Wildman–Crippen MR) is 151 cm³/mol. The van der Waals surface area contributed by atoms with Crippen LogP contribution in [0.3, 0.4) is 0 Å². The number of nitrogens with zero attached hydrogens (tertiary/aromatic N) is 4. The summed E-state index contributed by atoms with van der Waals surface area (Å²) in [5.74, 6) is -0.533. The molecule has 1 aromatic heterocycles. The number of carbonyl (C=O) groups is 2. The molecule has 1 aliphatic heterocycles. The fourth-order valence-corrected chi connectivity index (χ4v) is 4.42. The number of aromatic nitrogens is 2. The highest BCUT2D eigenvalue weighted by molar-refractivity contribution is 5.99. The number of aryl methyl sites for hydroxylation is 1. The number of piperazine rings is 1. The highest BCUT2D eigenvalue weighted by atomic mass is 19.4. The van der Waals surface area contributed by atoms with E-state index in [9.17, 15) is 22.8 Å². The van der Waals surface area contributed by atoms with Crippen LogP contribution >= 0.6 is 0 Å². The maximum absolute atomic E-state index is 13.8. The van der Waals surface area contributed by atoms with E-state index < -0.39 is 23.5 Å². The molecule has 2 aromatic carbocycles. The Morgan fingerprint density at radius 2 is 1.78 bits per heavy atom. The van der Waals surface area contributed by atoms with Crippen molar-refractivity contribution in [2.75, 3.05) is 54.1 Å². The molecule has 216 valence electrons. The number of alkyl halides is 3. The van der Waals surface area contributed by atoms with E-state index in [-0.39, 0.29) is 17.5 Å². The summed E-state index contributed by atoms with van der Waals surface area (Å²) in [7, 11) is 1.49. The summed E-state index contributed by atoms with van der Waals surface area (Å²) < 4.78 is 47.0. The third-order valence-electron chi connectivity index (χ3n) is 6.50. The molecule has 3 N–H and O–H groups in total. The van der Waals surface area contributed by atoms with Crippen molar-refractivity contribution in [1.82, 2.24) is 14.9 Å². The molecule has 2 amide bonds. The van der Waals surface area contributed by atoms with Gasteiger partial charge in [0.05, 0.1) is 12.8 Å². The molecule has 10 nitrogen and oxygen atoms in total. The summed E-state index contributed by atoms with van der Waals surface area (Å²) in [6.45, 7) is 9.38. The van der Waals surface area contributed by atoms with E-state index in [4.69, 9.17) is 4.74 Å². The molecule has 0 spiro atoms. The lowest BCUT2D eigenvalue weighted by molar-refractivity contribution is -0.137. The van der Waals surface area contributed by atoms with E-state index >= 15 is 0 Å². The van der Waals surface area contributed by atoms with Crippen molar-refractivity contribution in [1.29, 1.82) is 0 Å². The fraction of sp³-hybridized carbons (Fsp3) is 0.286. The van der Waals surface area contributed by atoms with Gasteiger partial charge < -0.3 is 30.5 Å². The zero-order valence-corrected chi connectivity index (χ0v) is 22.8. The number of anilines is 6. The van der Waals surface area contributed by atoms with Crippen molar-refractivity contribution in [3.05, 3.63) is 66.4 Å². The first kappa shape index (κ1) is 29.2. The molecule has 1 aliphatic rings. The number of ether oxygens (including phenoxy) is 1. The van der Waals surface area contributed by atoms with Crippen LogP contribution < -0.4 is 25.6 Å². The molecule has 4 rings (SSSR count). The summed E-state index contributed by atoms with van der Waals surface area (Å²) in [6.07, 6.45) is -2.94. The van der Waals surface area contributed by atoms with Crippen LogP contribution in [0.25, 0.3) is 0 Å². The van der Waals surface area contributed by atoms with Crippen molar-refractivity contribution in [2.45, 2.75) is 20.0 Å². The molecule has 0 atom stereocenters. The predicted octanol–water partition coefficient (Wildman–Crippen LogP) is 5.09. The molecule has 0 radical (unpaired) electrons. The molecular weight excluding hydrogens is 539 g/mol. The summed E-state index contributed by atoms with van der Waals surface area (Å²) in [6, 6.07) is 9.83. The van der Waals surface area contributed by atoms with Crippen LogP contribution in [0.4, 0.5) is 47.7 Å². The molecule has 1 saturated heterocycles. The van der Waals surface area contributed by atoms with Crippen LogP contribution in [0, 0.1) is 6.92 Å². The number of hydrogen-bond donors (Lipinski definition) is 3. The van der Waals surface area contributed by atoms with Crippen molar-refractivity contribution in [3.8, 4) is 5.75 Å². The Bertz CT molecular complexity index is 1450. The number of carbonyl (C=O) groups excluding carboxylic acids is 2. The Labute approximate surface area is 235 Å². The van der Waals surface area contributed by atoms with E-state index in [0.717, 1.165) is 17.3 Å². The summed E-state index contributed by atoms with van der Waals surface area (Å²) in [5.41, 5.74) is 1.86. The lowest BCUT2D eigenvalue weighted by Crippen LogP contribution is -2.48. The second-order valence-corrected chi connectivity index (χ2v) is 9.31. The minimum absolute atomic E-state index is 0.0380. The lowest BCUT2D eigenvalue weighted by atomic mass is 10.1. The molecule has 0 bridgehead atoms. The average Bonchev–Trinajstić information content (AvgIpc) is 2.93. The first-order valence-corrected chi connectivity index (χ1v) is 12.7. The zero-order valence-electron chi connectivity index (χ0n) is 22.8. The van der Waals surface area contributed by atoms with Gasteiger partial charge in [-0.3, -0.25) is 9.59 Å². The second-order valence-electron chi connectivity index (χ2n) is 9.31. The number of methoxy groups -OCH3 is 1. The van der Waals surface area contributed by atoms with Crippen LogP contribution in [-0.2, 0) is 15.8 Å². The van der Waals surface area contributed by atoms with Crippen molar-refractivity contribution < 1.29 is 27.5 Å². The molecule has 2 heterocycles. The van der Waals surface area contributed by atoms with Crippen LogP contribution in [0.2, 0.25) is 0 Å². The second kappa shape index (κ2) is 12.1. The summed E-state index contributed by atoms with van der Waals surface area (Å²) in [4.78, 5) is 35.3. The van der Waals surface area contributed by atoms with Crippen molar-refractivity contribution in [3.63, 3.8) is 0 Å². The van der Waals surface area contributed by atoms with Gasteiger partial charge in [0.1, 0.15) is 17.1 Å². The summed E-state index contributed by atoms with van der Waals surface area (Å²) in [5, 5.41) is 8.22. The molecule has 41 heavy (non-hydrogen) atoms. The minimum atomic E-state index is -4.72. The number of nitrogens with one attached hydrogen (secondary N) is 3. The normalized spacial score (nSPS) is 13.4. The van der Waals surface area contributed by atoms with Gasteiger partial charge in [-0.15, -0.1) is 0 Å². The Kier molecular flexibility index (Phi) is 8.65. The summed E-state index contributed by atoms with van der Waals surface area (Å²) >= 11 is 0. The third kappa shape index (κ3) is 7.04. The maximum Gasteiger partial charge on any atom is 0.421 e. The van der Waals surface area contributed by atoms with E-state index in [0.29, 0.717) is 49.5 Å². The van der Waals surface area contributed by atoms with E-state index in [1.54, 1.807) is 30.0 Å². The van der Waals surface area contributed by atoms with Gasteiger partial charge in [-0.25, -0.2) is 4.98 Å². The molecule has 0 unspecified atom stereocenters.